The smallest absolute Gasteiger partial charge is 0.274 e. The van der Waals surface area contributed by atoms with Gasteiger partial charge in [0.05, 0.1) is 23.1 Å². The Kier molecular flexibility index (Phi) is 3.79. The number of nitrogens with zero attached hydrogens (tertiary/aromatic N) is 2. The van der Waals surface area contributed by atoms with E-state index in [-0.39, 0.29) is 17.6 Å². The molecule has 4 N–H and O–H groups in total. The maximum atomic E-state index is 12.1. The topological polar surface area (TPSA) is 96.7 Å². The number of aromatic amines is 1. The second kappa shape index (κ2) is 5.51. The van der Waals surface area contributed by atoms with Crippen molar-refractivity contribution in [3.8, 4) is 0 Å². The summed E-state index contributed by atoms with van der Waals surface area (Å²) in [5, 5.41) is 9.54. The average molecular weight is 259 g/mol. The monoisotopic (exact) mass is 259 g/mol. The molecule has 0 saturated heterocycles. The van der Waals surface area contributed by atoms with Gasteiger partial charge in [0.1, 0.15) is 0 Å². The number of hydrogen-bond donors (Lipinski definition) is 3. The molecule has 1 unspecified atom stereocenters. The first kappa shape index (κ1) is 13.1. The molecule has 2 aromatic rings. The van der Waals surface area contributed by atoms with Gasteiger partial charge in [0, 0.05) is 6.20 Å². The Hall–Kier alpha value is -2.37. The number of nitrogens with one attached hydrogen (secondary N) is 2. The van der Waals surface area contributed by atoms with Crippen LogP contribution in [-0.2, 0) is 6.42 Å². The number of nitrogen functional groups attached to an aromatic ring is 1. The molecule has 19 heavy (non-hydrogen) atoms. The minimum atomic E-state index is -0.299. The second-order valence-electron chi connectivity index (χ2n) is 4.27. The van der Waals surface area contributed by atoms with Crippen molar-refractivity contribution in [2.45, 2.75) is 26.3 Å². The summed E-state index contributed by atoms with van der Waals surface area (Å²) in [6.45, 7) is 3.81. The highest BCUT2D eigenvalue weighted by molar-refractivity contribution is 5.97. The Morgan fingerprint density at radius 1 is 1.53 bits per heavy atom. The van der Waals surface area contributed by atoms with Crippen LogP contribution in [0.4, 0.5) is 5.69 Å². The van der Waals surface area contributed by atoms with E-state index in [1.54, 1.807) is 6.20 Å². The zero-order chi connectivity index (χ0) is 13.8. The first-order valence-electron chi connectivity index (χ1n) is 6.18. The second-order valence-corrected chi connectivity index (χ2v) is 4.27. The summed E-state index contributed by atoms with van der Waals surface area (Å²) >= 11 is 0. The van der Waals surface area contributed by atoms with E-state index in [1.807, 2.05) is 32.0 Å². The Bertz CT molecular complexity index is 564. The van der Waals surface area contributed by atoms with E-state index in [2.05, 4.69) is 20.5 Å². The highest BCUT2D eigenvalue weighted by Crippen LogP contribution is 2.16. The quantitative estimate of drug-likeness (QED) is 0.774. The zero-order valence-corrected chi connectivity index (χ0v) is 11.0. The largest absolute Gasteiger partial charge is 0.395 e. The molecule has 0 aliphatic rings. The van der Waals surface area contributed by atoms with Gasteiger partial charge < -0.3 is 11.1 Å². The summed E-state index contributed by atoms with van der Waals surface area (Å²) in [7, 11) is 0. The molecule has 0 aromatic carbocycles. The number of aromatic nitrogens is 3. The van der Waals surface area contributed by atoms with Gasteiger partial charge in [-0.3, -0.25) is 14.9 Å². The lowest BCUT2D eigenvalue weighted by atomic mass is 10.2. The molecule has 0 fully saturated rings. The first-order valence-corrected chi connectivity index (χ1v) is 6.18. The summed E-state index contributed by atoms with van der Waals surface area (Å²) in [5.74, 6) is -0.299. The van der Waals surface area contributed by atoms with Gasteiger partial charge >= 0.3 is 0 Å². The molecule has 0 aliphatic heterocycles. The summed E-state index contributed by atoms with van der Waals surface area (Å²) in [6.07, 6.45) is 2.40. The van der Waals surface area contributed by atoms with E-state index in [1.165, 1.54) is 0 Å². The molecule has 0 bridgehead atoms. The summed E-state index contributed by atoms with van der Waals surface area (Å²) in [6, 6.07) is 5.37. The molecule has 0 radical (unpaired) electrons. The number of pyridine rings is 1. The van der Waals surface area contributed by atoms with Gasteiger partial charge in [-0.2, -0.15) is 5.10 Å². The molecular formula is C13H17N5O. The van der Waals surface area contributed by atoms with Crippen molar-refractivity contribution in [1.29, 1.82) is 0 Å². The van der Waals surface area contributed by atoms with Crippen LogP contribution in [0.15, 0.2) is 24.4 Å². The number of rotatable bonds is 4. The standard InChI is InChI=1S/C13H17N5O/c1-3-9-11(14)12(18-17-9)13(19)16-8(2)10-6-4-5-7-15-10/h4-8H,3,14H2,1-2H3,(H,16,19)(H,17,18). The molecule has 0 spiro atoms. The van der Waals surface area contributed by atoms with E-state index in [0.29, 0.717) is 12.1 Å². The molecule has 6 nitrogen and oxygen atoms in total. The molecule has 100 valence electrons. The molecule has 2 heterocycles. The van der Waals surface area contributed by atoms with Gasteiger partial charge in [-0.25, -0.2) is 0 Å². The van der Waals surface area contributed by atoms with E-state index in [9.17, 15) is 4.79 Å². The van der Waals surface area contributed by atoms with Crippen LogP contribution in [-0.4, -0.2) is 21.1 Å². The van der Waals surface area contributed by atoms with Crippen LogP contribution in [0.25, 0.3) is 0 Å². The molecular weight excluding hydrogens is 242 g/mol. The Morgan fingerprint density at radius 2 is 2.32 bits per heavy atom. The van der Waals surface area contributed by atoms with E-state index < -0.39 is 0 Å². The highest BCUT2D eigenvalue weighted by atomic mass is 16.2. The van der Waals surface area contributed by atoms with Gasteiger partial charge in [0.25, 0.3) is 5.91 Å². The lowest BCUT2D eigenvalue weighted by molar-refractivity contribution is 0.0935. The zero-order valence-electron chi connectivity index (χ0n) is 11.0. The number of H-pyrrole nitrogens is 1. The van der Waals surface area contributed by atoms with Crippen molar-refractivity contribution in [3.63, 3.8) is 0 Å². The van der Waals surface area contributed by atoms with Crippen LogP contribution in [0.2, 0.25) is 0 Å². The Labute approximate surface area is 111 Å². The van der Waals surface area contributed by atoms with Gasteiger partial charge in [0.15, 0.2) is 5.69 Å². The Morgan fingerprint density at radius 3 is 2.89 bits per heavy atom. The summed E-state index contributed by atoms with van der Waals surface area (Å²) < 4.78 is 0. The van der Waals surface area contributed by atoms with E-state index in [0.717, 1.165) is 11.4 Å². The number of anilines is 1. The number of carbonyl (C=O) groups excluding carboxylic acids is 1. The first-order chi connectivity index (χ1) is 9.13. The molecule has 0 aliphatic carbocycles. The normalized spacial score (nSPS) is 12.1. The predicted molar refractivity (Wildman–Crippen MR) is 72.5 cm³/mol. The number of amides is 1. The molecule has 6 heteroatoms. The SMILES string of the molecule is CCc1[nH]nc(C(=O)NC(C)c2ccccn2)c1N. The van der Waals surface area contributed by atoms with Gasteiger partial charge in [0.2, 0.25) is 0 Å². The van der Waals surface area contributed by atoms with Crippen molar-refractivity contribution in [1.82, 2.24) is 20.5 Å². The van der Waals surface area contributed by atoms with Crippen LogP contribution in [0.3, 0.4) is 0 Å². The molecule has 2 rings (SSSR count). The van der Waals surface area contributed by atoms with Crippen LogP contribution < -0.4 is 11.1 Å². The van der Waals surface area contributed by atoms with Gasteiger partial charge in [-0.1, -0.05) is 13.0 Å². The van der Waals surface area contributed by atoms with Gasteiger partial charge in [-0.15, -0.1) is 0 Å². The van der Waals surface area contributed by atoms with Crippen LogP contribution in [0.5, 0.6) is 0 Å². The number of aryl methyl sites for hydroxylation is 1. The van der Waals surface area contributed by atoms with Crippen molar-refractivity contribution >= 4 is 11.6 Å². The number of carbonyl (C=O) groups is 1. The van der Waals surface area contributed by atoms with Crippen molar-refractivity contribution in [2.75, 3.05) is 5.73 Å². The fourth-order valence-electron chi connectivity index (χ4n) is 1.80. The van der Waals surface area contributed by atoms with Crippen LogP contribution in [0, 0.1) is 0 Å². The number of hydrogen-bond acceptors (Lipinski definition) is 4. The third-order valence-corrected chi connectivity index (χ3v) is 2.93. The molecule has 0 saturated carbocycles. The lowest BCUT2D eigenvalue weighted by Crippen LogP contribution is -2.28. The maximum absolute atomic E-state index is 12.1. The summed E-state index contributed by atoms with van der Waals surface area (Å²) in [5.41, 5.74) is 8.07. The van der Waals surface area contributed by atoms with Crippen molar-refractivity contribution in [2.24, 2.45) is 0 Å². The third kappa shape index (κ3) is 2.73. The van der Waals surface area contributed by atoms with E-state index in [4.69, 9.17) is 5.73 Å². The van der Waals surface area contributed by atoms with Crippen molar-refractivity contribution < 1.29 is 4.79 Å². The fraction of sp³-hybridized carbons (Fsp3) is 0.308. The molecule has 2 aromatic heterocycles. The Balaban J connectivity index is 2.11. The van der Waals surface area contributed by atoms with E-state index >= 15 is 0 Å². The van der Waals surface area contributed by atoms with Gasteiger partial charge in [-0.05, 0) is 25.5 Å². The third-order valence-electron chi connectivity index (χ3n) is 2.93. The fourth-order valence-corrected chi connectivity index (χ4v) is 1.80. The average Bonchev–Trinajstić information content (AvgIpc) is 2.80. The minimum absolute atomic E-state index is 0.199. The molecule has 1 atom stereocenters. The van der Waals surface area contributed by atoms with Crippen LogP contribution in [0.1, 0.15) is 41.8 Å². The summed E-state index contributed by atoms with van der Waals surface area (Å²) in [4.78, 5) is 16.3. The molecule has 1 amide bonds. The lowest BCUT2D eigenvalue weighted by Gasteiger charge is -2.12. The van der Waals surface area contributed by atoms with Crippen molar-refractivity contribution in [3.05, 3.63) is 41.5 Å². The predicted octanol–water partition coefficient (Wildman–Crippen LogP) is 1.44. The highest BCUT2D eigenvalue weighted by Gasteiger charge is 2.18. The van der Waals surface area contributed by atoms with Crippen LogP contribution >= 0.6 is 0 Å². The maximum Gasteiger partial charge on any atom is 0.274 e. The number of nitrogens with two attached hydrogens (primary N) is 1. The minimum Gasteiger partial charge on any atom is -0.395 e.